The number of rotatable bonds is 4. The lowest BCUT2D eigenvalue weighted by molar-refractivity contribution is -0.384. The third kappa shape index (κ3) is 3.97. The highest BCUT2D eigenvalue weighted by molar-refractivity contribution is 9.10. The Labute approximate surface area is 155 Å². The fourth-order valence-corrected chi connectivity index (χ4v) is 3.40. The molecule has 0 bridgehead atoms. The van der Waals surface area contributed by atoms with Crippen molar-refractivity contribution in [1.29, 1.82) is 0 Å². The predicted molar refractivity (Wildman–Crippen MR) is 98.8 cm³/mol. The highest BCUT2D eigenvalue weighted by Gasteiger charge is 2.35. The number of hydrogen-bond acceptors (Lipinski definition) is 5. The number of nitrogens with zero attached hydrogens (tertiary/aromatic N) is 2. The molecule has 1 saturated heterocycles. The van der Waals surface area contributed by atoms with E-state index >= 15 is 0 Å². The van der Waals surface area contributed by atoms with Crippen molar-refractivity contribution in [1.82, 2.24) is 4.90 Å². The Hall–Kier alpha value is -2.45. The van der Waals surface area contributed by atoms with Gasteiger partial charge in [0, 0.05) is 16.6 Å². The Kier molecular flexibility index (Phi) is 5.00. The zero-order chi connectivity index (χ0) is 18.0. The van der Waals surface area contributed by atoms with Gasteiger partial charge in [-0.25, -0.2) is 0 Å². The van der Waals surface area contributed by atoms with Gasteiger partial charge in [-0.15, -0.1) is 0 Å². The minimum Gasteiger partial charge on any atom is -0.268 e. The minimum absolute atomic E-state index is 0.00399. The first kappa shape index (κ1) is 17.4. The molecule has 25 heavy (non-hydrogen) atoms. The number of nitro benzene ring substituents is 1. The molecule has 6 nitrogen and oxygen atoms in total. The number of amides is 2. The molecule has 0 aromatic heterocycles. The van der Waals surface area contributed by atoms with Crippen molar-refractivity contribution in [2.45, 2.75) is 6.54 Å². The molecule has 1 fully saturated rings. The maximum atomic E-state index is 12.5. The summed E-state index contributed by atoms with van der Waals surface area (Å²) in [6.07, 6.45) is 1.66. The second-order valence-electron chi connectivity index (χ2n) is 5.25. The molecule has 0 spiro atoms. The molecule has 0 unspecified atom stereocenters. The first-order valence-corrected chi connectivity index (χ1v) is 8.79. The smallest absolute Gasteiger partial charge is 0.268 e. The van der Waals surface area contributed by atoms with Gasteiger partial charge in [-0.05, 0) is 41.1 Å². The summed E-state index contributed by atoms with van der Waals surface area (Å²) in [6, 6.07) is 13.3. The highest BCUT2D eigenvalue weighted by atomic mass is 79.9. The number of carbonyl (C=O) groups is 2. The lowest BCUT2D eigenvalue weighted by Gasteiger charge is -2.12. The Balaban J connectivity index is 1.81. The topological polar surface area (TPSA) is 80.5 Å². The zero-order valence-corrected chi connectivity index (χ0v) is 15.1. The molecule has 126 valence electrons. The van der Waals surface area contributed by atoms with Crippen LogP contribution in [-0.2, 0) is 11.3 Å². The van der Waals surface area contributed by atoms with E-state index in [1.54, 1.807) is 12.1 Å². The number of hydrogen-bond donors (Lipinski definition) is 0. The number of benzene rings is 2. The standard InChI is InChI=1S/C17H11BrN2O4S/c18-13-6-4-11(5-7-13)9-15-16(21)19(17(22)25-15)10-12-2-1-3-14(8-12)20(23)24/h1-9H,10H2/b15-9+. The zero-order valence-electron chi connectivity index (χ0n) is 12.7. The quantitative estimate of drug-likeness (QED) is 0.411. The van der Waals surface area contributed by atoms with Crippen LogP contribution in [0.25, 0.3) is 6.08 Å². The first-order chi connectivity index (χ1) is 11.9. The molecule has 2 amide bonds. The Bertz CT molecular complexity index is 896. The summed E-state index contributed by atoms with van der Waals surface area (Å²) in [4.78, 5) is 36.4. The molecule has 2 aromatic rings. The van der Waals surface area contributed by atoms with Gasteiger partial charge in [0.2, 0.25) is 0 Å². The van der Waals surface area contributed by atoms with Gasteiger partial charge in [0.1, 0.15) is 0 Å². The van der Waals surface area contributed by atoms with Crippen molar-refractivity contribution in [3.05, 3.63) is 79.2 Å². The van der Waals surface area contributed by atoms with Crippen molar-refractivity contribution in [2.75, 3.05) is 0 Å². The van der Waals surface area contributed by atoms with E-state index in [4.69, 9.17) is 0 Å². The number of nitro groups is 1. The third-order valence-corrected chi connectivity index (χ3v) is 4.94. The van der Waals surface area contributed by atoms with Crippen molar-refractivity contribution in [3.8, 4) is 0 Å². The summed E-state index contributed by atoms with van der Waals surface area (Å²) in [5.74, 6) is -0.399. The molecule has 0 saturated carbocycles. The van der Waals surface area contributed by atoms with Crippen molar-refractivity contribution in [3.63, 3.8) is 0 Å². The van der Waals surface area contributed by atoms with Crippen LogP contribution in [0.15, 0.2) is 57.9 Å². The van der Waals surface area contributed by atoms with Crippen molar-refractivity contribution >= 4 is 50.6 Å². The second kappa shape index (κ2) is 7.20. The van der Waals surface area contributed by atoms with Gasteiger partial charge < -0.3 is 0 Å². The van der Waals surface area contributed by atoms with Gasteiger partial charge in [0.15, 0.2) is 0 Å². The van der Waals surface area contributed by atoms with Gasteiger partial charge in [0.25, 0.3) is 16.8 Å². The van der Waals surface area contributed by atoms with E-state index in [9.17, 15) is 19.7 Å². The summed E-state index contributed by atoms with van der Waals surface area (Å²) in [5, 5.41) is 10.5. The van der Waals surface area contributed by atoms with Crippen molar-refractivity contribution < 1.29 is 14.5 Å². The van der Waals surface area contributed by atoms with Crippen LogP contribution in [0, 0.1) is 10.1 Å². The van der Waals surface area contributed by atoms with E-state index in [1.807, 2.05) is 24.3 Å². The van der Waals surface area contributed by atoms with Gasteiger partial charge >= 0.3 is 0 Å². The largest absolute Gasteiger partial charge is 0.293 e. The van der Waals surface area contributed by atoms with Gasteiger partial charge in [-0.3, -0.25) is 24.6 Å². The molecule has 0 N–H and O–H groups in total. The fraction of sp³-hybridized carbons (Fsp3) is 0.0588. The minimum atomic E-state index is -0.509. The molecule has 8 heteroatoms. The molecule has 1 aliphatic rings. The van der Waals surface area contributed by atoms with E-state index in [0.29, 0.717) is 10.5 Å². The maximum Gasteiger partial charge on any atom is 0.293 e. The van der Waals surface area contributed by atoms with Crippen LogP contribution < -0.4 is 0 Å². The van der Waals surface area contributed by atoms with Crippen LogP contribution in [0.5, 0.6) is 0 Å². The van der Waals surface area contributed by atoms with Crippen LogP contribution in [0.4, 0.5) is 10.5 Å². The lowest BCUT2D eigenvalue weighted by atomic mass is 10.2. The van der Waals surface area contributed by atoms with Crippen LogP contribution in [0.1, 0.15) is 11.1 Å². The van der Waals surface area contributed by atoms with E-state index in [-0.39, 0.29) is 17.5 Å². The normalized spacial score (nSPS) is 15.9. The predicted octanol–water partition coefficient (Wildman–Crippen LogP) is 4.59. The third-order valence-electron chi connectivity index (χ3n) is 3.50. The molecule has 0 atom stereocenters. The number of thioether (sulfide) groups is 1. The molecule has 3 rings (SSSR count). The first-order valence-electron chi connectivity index (χ1n) is 7.18. The second-order valence-corrected chi connectivity index (χ2v) is 7.16. The van der Waals surface area contributed by atoms with Crippen LogP contribution in [-0.4, -0.2) is 21.0 Å². The fourth-order valence-electron chi connectivity index (χ4n) is 2.30. The SMILES string of the molecule is O=C1S/C(=C/c2ccc(Br)cc2)C(=O)N1Cc1cccc([N+](=O)[O-])c1. The Morgan fingerprint density at radius 3 is 2.56 bits per heavy atom. The van der Waals surface area contributed by atoms with Gasteiger partial charge in [0.05, 0.1) is 16.4 Å². The molecule has 2 aromatic carbocycles. The monoisotopic (exact) mass is 418 g/mol. The van der Waals surface area contributed by atoms with E-state index < -0.39 is 10.8 Å². The van der Waals surface area contributed by atoms with E-state index in [0.717, 1.165) is 26.7 Å². The van der Waals surface area contributed by atoms with E-state index in [2.05, 4.69) is 15.9 Å². The molecular weight excluding hydrogens is 408 g/mol. The maximum absolute atomic E-state index is 12.5. The summed E-state index contributed by atoms with van der Waals surface area (Å²) in [7, 11) is 0. The Morgan fingerprint density at radius 1 is 1.16 bits per heavy atom. The summed E-state index contributed by atoms with van der Waals surface area (Å²) in [6.45, 7) is 0.00399. The molecule has 0 radical (unpaired) electrons. The van der Waals surface area contributed by atoms with Crippen LogP contribution in [0.2, 0.25) is 0 Å². The molecular formula is C17H11BrN2O4S. The van der Waals surface area contributed by atoms with Gasteiger partial charge in [-0.1, -0.05) is 40.2 Å². The summed E-state index contributed by atoms with van der Waals surface area (Å²) >= 11 is 4.20. The molecule has 0 aliphatic carbocycles. The lowest BCUT2D eigenvalue weighted by Crippen LogP contribution is -2.27. The highest BCUT2D eigenvalue weighted by Crippen LogP contribution is 2.33. The van der Waals surface area contributed by atoms with Crippen LogP contribution in [0.3, 0.4) is 0 Å². The average molecular weight is 419 g/mol. The Morgan fingerprint density at radius 2 is 1.88 bits per heavy atom. The number of non-ortho nitro benzene ring substituents is 1. The van der Waals surface area contributed by atoms with Crippen LogP contribution >= 0.6 is 27.7 Å². The average Bonchev–Trinajstić information content (AvgIpc) is 2.85. The molecule has 1 aliphatic heterocycles. The summed E-state index contributed by atoms with van der Waals surface area (Å²) in [5.41, 5.74) is 1.26. The number of carbonyl (C=O) groups excluding carboxylic acids is 2. The summed E-state index contributed by atoms with van der Waals surface area (Å²) < 4.78 is 0.920. The van der Waals surface area contributed by atoms with E-state index in [1.165, 1.54) is 18.2 Å². The number of imide groups is 1. The number of halogens is 1. The molecule has 1 heterocycles. The van der Waals surface area contributed by atoms with Gasteiger partial charge in [-0.2, -0.15) is 0 Å². The van der Waals surface area contributed by atoms with Crippen molar-refractivity contribution in [2.24, 2.45) is 0 Å².